The van der Waals surface area contributed by atoms with Gasteiger partial charge in [0.05, 0.1) is 12.2 Å². The van der Waals surface area contributed by atoms with Crippen LogP contribution in [0.4, 0.5) is 0 Å². The summed E-state index contributed by atoms with van der Waals surface area (Å²) >= 11 is 0. The Balaban J connectivity index is 1.88. The monoisotopic (exact) mass is 275 g/mol. The number of hydrogen-bond acceptors (Lipinski definition) is 2. The Morgan fingerprint density at radius 1 is 1.05 bits per heavy atom. The van der Waals surface area contributed by atoms with Gasteiger partial charge in [0.15, 0.2) is 0 Å². The molecule has 0 amide bonds. The van der Waals surface area contributed by atoms with Crippen LogP contribution >= 0.6 is 0 Å². The molecule has 0 bridgehead atoms. The fourth-order valence-corrected chi connectivity index (χ4v) is 2.63. The summed E-state index contributed by atoms with van der Waals surface area (Å²) in [6.07, 6.45) is 6.31. The molecule has 2 atom stereocenters. The Morgan fingerprint density at radius 2 is 1.85 bits per heavy atom. The van der Waals surface area contributed by atoms with Gasteiger partial charge in [-0.15, -0.1) is 0 Å². The highest BCUT2D eigenvalue weighted by Gasteiger charge is 2.17. The first kappa shape index (κ1) is 15.1. The van der Waals surface area contributed by atoms with Gasteiger partial charge in [-0.05, 0) is 18.1 Å². The number of unbranched alkanes of at least 4 members (excludes halogenated alkanes) is 3. The number of para-hydroxylation sites is 1. The van der Waals surface area contributed by atoms with Crippen molar-refractivity contribution in [2.24, 2.45) is 0 Å². The predicted molar refractivity (Wildman–Crippen MR) is 82.8 cm³/mol. The van der Waals surface area contributed by atoms with Crippen LogP contribution in [-0.2, 0) is 6.42 Å². The van der Waals surface area contributed by atoms with Gasteiger partial charge in [-0.2, -0.15) is 0 Å². The van der Waals surface area contributed by atoms with Gasteiger partial charge in [-0.1, -0.05) is 50.8 Å². The number of aliphatic hydroxyl groups excluding tert-OH is 2. The van der Waals surface area contributed by atoms with Crippen LogP contribution in [0.15, 0.2) is 30.5 Å². The van der Waals surface area contributed by atoms with Crippen LogP contribution in [0.25, 0.3) is 10.9 Å². The topological polar surface area (TPSA) is 56.2 Å². The van der Waals surface area contributed by atoms with Crippen LogP contribution in [0, 0.1) is 0 Å². The number of benzene rings is 1. The zero-order valence-corrected chi connectivity index (χ0v) is 12.2. The van der Waals surface area contributed by atoms with Crippen molar-refractivity contribution in [3.63, 3.8) is 0 Å². The lowest BCUT2D eigenvalue weighted by atomic mass is 9.99. The molecule has 2 rings (SSSR count). The number of aromatic nitrogens is 1. The minimum Gasteiger partial charge on any atom is -0.390 e. The van der Waals surface area contributed by atoms with Crippen molar-refractivity contribution < 1.29 is 10.2 Å². The number of nitrogens with one attached hydrogen (secondary N) is 1. The van der Waals surface area contributed by atoms with Crippen molar-refractivity contribution in [1.29, 1.82) is 0 Å². The zero-order chi connectivity index (χ0) is 14.4. The summed E-state index contributed by atoms with van der Waals surface area (Å²) in [6.45, 7) is 2.17. The molecule has 1 heterocycles. The number of aliphatic hydroxyl groups is 2. The average Bonchev–Trinajstić information content (AvgIpc) is 2.87. The largest absolute Gasteiger partial charge is 0.390 e. The highest BCUT2D eigenvalue weighted by Crippen LogP contribution is 2.20. The molecule has 0 radical (unpaired) electrons. The van der Waals surface area contributed by atoms with Gasteiger partial charge in [-0.25, -0.2) is 0 Å². The van der Waals surface area contributed by atoms with Gasteiger partial charge in [0.1, 0.15) is 0 Å². The third kappa shape index (κ3) is 3.84. The second kappa shape index (κ2) is 7.46. The highest BCUT2D eigenvalue weighted by atomic mass is 16.3. The Morgan fingerprint density at radius 3 is 2.65 bits per heavy atom. The smallest absolute Gasteiger partial charge is 0.0840 e. The first-order valence-electron chi connectivity index (χ1n) is 7.63. The molecule has 3 heteroatoms. The van der Waals surface area contributed by atoms with Crippen LogP contribution < -0.4 is 0 Å². The summed E-state index contributed by atoms with van der Waals surface area (Å²) in [5.41, 5.74) is 2.15. The summed E-state index contributed by atoms with van der Waals surface area (Å²) in [5, 5.41) is 21.3. The molecule has 0 saturated heterocycles. The van der Waals surface area contributed by atoms with E-state index >= 15 is 0 Å². The van der Waals surface area contributed by atoms with Crippen LogP contribution in [0.2, 0.25) is 0 Å². The fourth-order valence-electron chi connectivity index (χ4n) is 2.63. The van der Waals surface area contributed by atoms with E-state index in [4.69, 9.17) is 0 Å². The summed E-state index contributed by atoms with van der Waals surface area (Å²) in [6, 6.07) is 8.04. The van der Waals surface area contributed by atoms with Crippen molar-refractivity contribution in [2.45, 2.75) is 57.7 Å². The Labute approximate surface area is 120 Å². The Bertz CT molecular complexity index is 520. The first-order valence-corrected chi connectivity index (χ1v) is 7.63. The van der Waals surface area contributed by atoms with E-state index in [0.29, 0.717) is 12.8 Å². The molecule has 0 aliphatic carbocycles. The molecule has 3 nitrogen and oxygen atoms in total. The summed E-state index contributed by atoms with van der Waals surface area (Å²) in [7, 11) is 0. The lowest BCUT2D eigenvalue weighted by Crippen LogP contribution is -2.27. The number of hydrogen-bond donors (Lipinski definition) is 3. The van der Waals surface area contributed by atoms with Crippen molar-refractivity contribution >= 4 is 10.9 Å². The van der Waals surface area contributed by atoms with Crippen LogP contribution in [-0.4, -0.2) is 27.4 Å². The molecule has 0 fully saturated rings. The summed E-state index contributed by atoms with van der Waals surface area (Å²) in [5.74, 6) is 0. The predicted octanol–water partition coefficient (Wildman–Crippen LogP) is 3.40. The van der Waals surface area contributed by atoms with Crippen molar-refractivity contribution in [1.82, 2.24) is 4.98 Å². The molecule has 0 aliphatic rings. The van der Waals surface area contributed by atoms with Crippen LogP contribution in [0.1, 0.15) is 44.6 Å². The maximum absolute atomic E-state index is 10.1. The van der Waals surface area contributed by atoms with Crippen LogP contribution in [0.5, 0.6) is 0 Å². The number of fused-ring (bicyclic) bond motifs is 1. The van der Waals surface area contributed by atoms with E-state index in [1.54, 1.807) is 0 Å². The lowest BCUT2D eigenvalue weighted by molar-refractivity contribution is 0.0139. The summed E-state index contributed by atoms with van der Waals surface area (Å²) < 4.78 is 0. The molecule has 1 aromatic carbocycles. The molecule has 0 saturated carbocycles. The zero-order valence-electron chi connectivity index (χ0n) is 12.2. The quantitative estimate of drug-likeness (QED) is 0.647. The van der Waals surface area contributed by atoms with Gasteiger partial charge < -0.3 is 15.2 Å². The van der Waals surface area contributed by atoms with E-state index in [1.807, 2.05) is 30.5 Å². The van der Waals surface area contributed by atoms with E-state index in [1.165, 1.54) is 12.8 Å². The van der Waals surface area contributed by atoms with Gasteiger partial charge in [0, 0.05) is 23.5 Å². The van der Waals surface area contributed by atoms with Crippen molar-refractivity contribution in [2.75, 3.05) is 0 Å². The number of H-pyrrole nitrogens is 1. The molecule has 0 aliphatic heterocycles. The second-order valence-electron chi connectivity index (χ2n) is 5.55. The standard InChI is InChI=1S/C17H25NO2/c1-2-3-4-5-10-16(19)17(20)11-13-12-18-15-9-7-6-8-14(13)15/h6-9,12,16-20H,2-5,10-11H2,1H3. The second-order valence-corrected chi connectivity index (χ2v) is 5.55. The highest BCUT2D eigenvalue weighted by molar-refractivity contribution is 5.83. The molecule has 3 N–H and O–H groups in total. The number of rotatable bonds is 8. The van der Waals surface area contributed by atoms with Gasteiger partial charge in [0.25, 0.3) is 0 Å². The molecular weight excluding hydrogens is 250 g/mol. The van der Waals surface area contributed by atoms with E-state index in [2.05, 4.69) is 11.9 Å². The first-order chi connectivity index (χ1) is 9.72. The molecule has 2 unspecified atom stereocenters. The lowest BCUT2D eigenvalue weighted by Gasteiger charge is -2.17. The van der Waals surface area contributed by atoms with E-state index in [9.17, 15) is 10.2 Å². The van der Waals surface area contributed by atoms with E-state index in [-0.39, 0.29) is 0 Å². The van der Waals surface area contributed by atoms with E-state index in [0.717, 1.165) is 29.3 Å². The van der Waals surface area contributed by atoms with Crippen LogP contribution in [0.3, 0.4) is 0 Å². The fraction of sp³-hybridized carbons (Fsp3) is 0.529. The third-order valence-corrected chi connectivity index (χ3v) is 3.90. The van der Waals surface area contributed by atoms with Crippen molar-refractivity contribution in [3.05, 3.63) is 36.0 Å². The summed E-state index contributed by atoms with van der Waals surface area (Å²) in [4.78, 5) is 3.20. The molecule has 1 aromatic heterocycles. The average molecular weight is 275 g/mol. The van der Waals surface area contributed by atoms with E-state index < -0.39 is 12.2 Å². The normalized spacial score (nSPS) is 14.6. The minimum atomic E-state index is -0.684. The third-order valence-electron chi connectivity index (χ3n) is 3.90. The molecule has 2 aromatic rings. The van der Waals surface area contributed by atoms with Gasteiger partial charge >= 0.3 is 0 Å². The molecule has 110 valence electrons. The Hall–Kier alpha value is -1.32. The minimum absolute atomic E-state index is 0.499. The molecule has 20 heavy (non-hydrogen) atoms. The van der Waals surface area contributed by atoms with Gasteiger partial charge in [-0.3, -0.25) is 0 Å². The maximum Gasteiger partial charge on any atom is 0.0840 e. The SMILES string of the molecule is CCCCCCC(O)C(O)Cc1c[nH]c2ccccc12. The maximum atomic E-state index is 10.1. The Kier molecular flexibility index (Phi) is 5.62. The van der Waals surface area contributed by atoms with Gasteiger partial charge in [0.2, 0.25) is 0 Å². The van der Waals surface area contributed by atoms with Crippen molar-refractivity contribution in [3.8, 4) is 0 Å². The molecular formula is C17H25NO2. The molecule has 0 spiro atoms. The number of aromatic amines is 1.